The van der Waals surface area contributed by atoms with Gasteiger partial charge in [-0.3, -0.25) is 9.69 Å². The average molecular weight is 489 g/mol. The summed E-state index contributed by atoms with van der Waals surface area (Å²) in [4.78, 5) is 29.8. The van der Waals surface area contributed by atoms with Gasteiger partial charge in [0.2, 0.25) is 0 Å². The Balaban J connectivity index is 1.86. The highest BCUT2D eigenvalue weighted by Crippen LogP contribution is 2.29. The Labute approximate surface area is 210 Å². The van der Waals surface area contributed by atoms with Crippen molar-refractivity contribution in [3.8, 4) is 5.75 Å². The molecule has 0 spiro atoms. The minimum Gasteiger partial charge on any atom is -0.491 e. The van der Waals surface area contributed by atoms with E-state index in [4.69, 9.17) is 9.47 Å². The van der Waals surface area contributed by atoms with Gasteiger partial charge in [0.25, 0.3) is 5.91 Å². The van der Waals surface area contributed by atoms with Crippen molar-refractivity contribution in [2.45, 2.75) is 65.0 Å². The third kappa shape index (κ3) is 7.58. The predicted molar refractivity (Wildman–Crippen MR) is 139 cm³/mol. The first-order valence-electron chi connectivity index (χ1n) is 13.2. The minimum absolute atomic E-state index is 0.0609. The second-order valence-electron chi connectivity index (χ2n) is 10.3. The molecule has 0 saturated heterocycles. The van der Waals surface area contributed by atoms with Crippen LogP contribution in [0.15, 0.2) is 18.2 Å². The van der Waals surface area contributed by atoms with Crippen molar-refractivity contribution in [2.24, 2.45) is 11.8 Å². The molecule has 3 rings (SSSR count). The summed E-state index contributed by atoms with van der Waals surface area (Å²) in [6.45, 7) is 9.94. The van der Waals surface area contributed by atoms with Crippen molar-refractivity contribution >= 4 is 17.6 Å². The number of rotatable bonds is 6. The van der Waals surface area contributed by atoms with Crippen LogP contribution >= 0.6 is 0 Å². The fraction of sp³-hybridized carbons (Fsp3) is 0.704. The van der Waals surface area contributed by atoms with Gasteiger partial charge in [-0.15, -0.1) is 0 Å². The first-order chi connectivity index (χ1) is 16.8. The van der Waals surface area contributed by atoms with Crippen molar-refractivity contribution < 1.29 is 19.1 Å². The predicted octanol–water partition coefficient (Wildman–Crippen LogP) is 4.21. The van der Waals surface area contributed by atoms with Crippen LogP contribution in [0.4, 0.5) is 10.5 Å². The minimum atomic E-state index is -0.267. The van der Waals surface area contributed by atoms with Gasteiger partial charge in [0.1, 0.15) is 12.4 Å². The molecule has 35 heavy (non-hydrogen) atoms. The monoisotopic (exact) mass is 488 g/mol. The van der Waals surface area contributed by atoms with E-state index >= 15 is 0 Å². The molecule has 1 aliphatic carbocycles. The summed E-state index contributed by atoms with van der Waals surface area (Å²) < 4.78 is 12.1. The molecule has 0 unspecified atom stereocenters. The summed E-state index contributed by atoms with van der Waals surface area (Å²) in [5.41, 5.74) is 1.09. The number of methoxy groups -OCH3 is 1. The molecule has 0 bridgehead atoms. The largest absolute Gasteiger partial charge is 0.491 e. The topological polar surface area (TPSA) is 83.1 Å². The zero-order valence-electron chi connectivity index (χ0n) is 22.1. The molecular weight excluding hydrogens is 444 g/mol. The number of anilines is 1. The van der Waals surface area contributed by atoms with Crippen molar-refractivity contribution in [3.63, 3.8) is 0 Å². The lowest BCUT2D eigenvalue weighted by Crippen LogP contribution is -2.47. The van der Waals surface area contributed by atoms with E-state index in [1.807, 2.05) is 6.92 Å². The van der Waals surface area contributed by atoms with Crippen molar-refractivity contribution in [3.05, 3.63) is 23.8 Å². The number of hydrogen-bond donors (Lipinski definition) is 2. The zero-order chi connectivity index (χ0) is 25.4. The third-order valence-electron chi connectivity index (χ3n) is 7.34. The number of ether oxygens (including phenoxy) is 2. The number of amides is 3. The number of carbonyl (C=O) groups is 2. The van der Waals surface area contributed by atoms with Crippen LogP contribution < -0.4 is 15.4 Å². The number of nitrogens with zero attached hydrogens (tertiary/aromatic N) is 2. The van der Waals surface area contributed by atoms with Gasteiger partial charge in [0.05, 0.1) is 11.7 Å². The summed E-state index contributed by atoms with van der Waals surface area (Å²) in [5, 5.41) is 5.65. The molecule has 1 fully saturated rings. The molecular formula is C27H44N4O4. The fourth-order valence-corrected chi connectivity index (χ4v) is 5.12. The highest BCUT2D eigenvalue weighted by atomic mass is 16.5. The number of benzene rings is 1. The van der Waals surface area contributed by atoms with Crippen molar-refractivity contribution in [2.75, 3.05) is 52.3 Å². The van der Waals surface area contributed by atoms with Crippen LogP contribution in [-0.2, 0) is 4.74 Å². The molecule has 1 aromatic carbocycles. The second-order valence-corrected chi connectivity index (χ2v) is 10.3. The fourth-order valence-electron chi connectivity index (χ4n) is 5.12. The van der Waals surface area contributed by atoms with Gasteiger partial charge in [-0.05, 0) is 50.2 Å². The van der Waals surface area contributed by atoms with Crippen molar-refractivity contribution in [1.29, 1.82) is 0 Å². The quantitative estimate of drug-likeness (QED) is 0.627. The van der Waals surface area contributed by atoms with E-state index in [2.05, 4.69) is 29.4 Å². The summed E-state index contributed by atoms with van der Waals surface area (Å²) in [6, 6.07) is 5.15. The molecule has 1 saturated carbocycles. The van der Waals surface area contributed by atoms with Gasteiger partial charge in [-0.25, -0.2) is 4.79 Å². The van der Waals surface area contributed by atoms with E-state index in [1.54, 1.807) is 37.3 Å². The molecule has 3 amide bonds. The molecule has 0 radical (unpaired) electrons. The Hall–Kier alpha value is -2.32. The summed E-state index contributed by atoms with van der Waals surface area (Å²) in [6.07, 6.45) is 6.03. The van der Waals surface area contributed by atoms with Gasteiger partial charge >= 0.3 is 6.03 Å². The number of urea groups is 1. The Morgan fingerprint density at radius 1 is 1.20 bits per heavy atom. The number of fused-ring (bicyclic) bond motifs is 1. The lowest BCUT2D eigenvalue weighted by Gasteiger charge is -2.37. The lowest BCUT2D eigenvalue weighted by molar-refractivity contribution is 0.00814. The molecule has 2 aliphatic rings. The maximum atomic E-state index is 13.4. The normalized spacial score (nSPS) is 24.8. The molecule has 3 atom stereocenters. The van der Waals surface area contributed by atoms with Crippen LogP contribution in [0.25, 0.3) is 0 Å². The highest BCUT2D eigenvalue weighted by molar-refractivity contribution is 5.98. The Bertz CT molecular complexity index is 842. The Morgan fingerprint density at radius 3 is 2.63 bits per heavy atom. The molecule has 0 aromatic heterocycles. The first kappa shape index (κ1) is 27.3. The zero-order valence-corrected chi connectivity index (χ0v) is 22.1. The molecule has 1 aromatic rings. The Morgan fingerprint density at radius 2 is 1.94 bits per heavy atom. The van der Waals surface area contributed by atoms with Crippen LogP contribution in [0.3, 0.4) is 0 Å². The van der Waals surface area contributed by atoms with Crippen molar-refractivity contribution in [1.82, 2.24) is 15.1 Å². The summed E-state index contributed by atoms with van der Waals surface area (Å²) in [5.74, 6) is 1.37. The summed E-state index contributed by atoms with van der Waals surface area (Å²) in [7, 11) is 3.54. The number of hydrogen-bond acceptors (Lipinski definition) is 5. The van der Waals surface area contributed by atoms with E-state index in [1.165, 1.54) is 25.7 Å². The van der Waals surface area contributed by atoms with Gasteiger partial charge in [-0.1, -0.05) is 26.7 Å². The summed E-state index contributed by atoms with van der Waals surface area (Å²) >= 11 is 0. The van der Waals surface area contributed by atoms with Crippen LogP contribution in [0, 0.1) is 11.8 Å². The number of carbonyl (C=O) groups excluding carboxylic acids is 2. The van der Waals surface area contributed by atoms with Crippen LogP contribution in [0.5, 0.6) is 5.75 Å². The SMILES string of the molecule is CCCNC(=O)Nc1ccc2c(c1)OC[C@@H](C)N(CC1CCCC1)C[C@H](C)[C@H](OC)CN(C)C2=O. The molecule has 2 N–H and O–H groups in total. The van der Waals surface area contributed by atoms with Crippen LogP contribution in [-0.4, -0.2) is 80.8 Å². The van der Waals surface area contributed by atoms with E-state index in [0.717, 1.165) is 25.4 Å². The number of likely N-dealkylation sites (N-methyl/N-ethyl adjacent to an activating group) is 1. The highest BCUT2D eigenvalue weighted by Gasteiger charge is 2.30. The van der Waals surface area contributed by atoms with E-state index < -0.39 is 0 Å². The van der Waals surface area contributed by atoms with Gasteiger partial charge in [-0.2, -0.15) is 0 Å². The standard InChI is InChI=1S/C27H44N4O4/c1-6-13-28-27(33)29-22-11-12-23-24(14-22)35-18-20(3)31(16-21-9-7-8-10-21)15-19(2)25(34-5)17-30(4)26(23)32/h11-12,14,19-21,25H,6-10,13,15-18H2,1-5H3,(H2,28,29,33)/t19-,20+,25+/m0/s1. The van der Waals surface area contributed by atoms with Crippen LogP contribution in [0.2, 0.25) is 0 Å². The maximum Gasteiger partial charge on any atom is 0.319 e. The first-order valence-corrected chi connectivity index (χ1v) is 13.2. The Kier molecular flexibility index (Phi) is 10.2. The molecule has 8 heteroatoms. The molecule has 1 aliphatic heterocycles. The molecule has 8 nitrogen and oxygen atoms in total. The third-order valence-corrected chi connectivity index (χ3v) is 7.34. The average Bonchev–Trinajstić information content (AvgIpc) is 3.36. The van der Waals surface area contributed by atoms with Crippen LogP contribution in [0.1, 0.15) is 63.2 Å². The maximum absolute atomic E-state index is 13.4. The number of nitrogens with one attached hydrogen (secondary N) is 2. The van der Waals surface area contributed by atoms with Gasteiger partial charge in [0.15, 0.2) is 0 Å². The smallest absolute Gasteiger partial charge is 0.319 e. The van der Waals surface area contributed by atoms with Gasteiger partial charge in [0, 0.05) is 58.1 Å². The molecule has 196 valence electrons. The second kappa shape index (κ2) is 13.1. The van der Waals surface area contributed by atoms with Gasteiger partial charge < -0.3 is 25.0 Å². The molecule has 1 heterocycles. The lowest BCUT2D eigenvalue weighted by atomic mass is 9.99. The van der Waals surface area contributed by atoms with E-state index in [0.29, 0.717) is 36.7 Å². The van der Waals surface area contributed by atoms with E-state index in [9.17, 15) is 9.59 Å². The van der Waals surface area contributed by atoms with E-state index in [-0.39, 0.29) is 30.0 Å².